The van der Waals surface area contributed by atoms with E-state index in [4.69, 9.17) is 5.73 Å². The number of ether oxygens (including phenoxy) is 1. The molecule has 1 unspecified atom stereocenters. The Morgan fingerprint density at radius 2 is 2.15 bits per heavy atom. The van der Waals surface area contributed by atoms with Crippen LogP contribution in [0.4, 0.5) is 13.2 Å². The predicted molar refractivity (Wildman–Crippen MR) is 72.3 cm³/mol. The molecule has 3 nitrogen and oxygen atoms in total. The highest BCUT2D eigenvalue weighted by Crippen LogP contribution is 2.30. The second-order valence-corrected chi connectivity index (χ2v) is 5.28. The van der Waals surface area contributed by atoms with E-state index in [1.807, 2.05) is 0 Å². The van der Waals surface area contributed by atoms with Crippen molar-refractivity contribution in [2.45, 2.75) is 18.6 Å². The van der Waals surface area contributed by atoms with E-state index in [-0.39, 0.29) is 12.4 Å². The molecule has 1 aromatic rings. The Morgan fingerprint density at radius 3 is 2.75 bits per heavy atom. The van der Waals surface area contributed by atoms with Gasteiger partial charge in [-0.25, -0.2) is 0 Å². The lowest BCUT2D eigenvalue weighted by atomic mass is 10.1. The second-order valence-electron chi connectivity index (χ2n) is 4.13. The molecule has 20 heavy (non-hydrogen) atoms. The number of methoxy groups -OCH3 is 1. The molecular formula is C13H16F3NO2S. The summed E-state index contributed by atoms with van der Waals surface area (Å²) in [5, 5.41) is 0. The number of esters is 1. The van der Waals surface area contributed by atoms with E-state index in [2.05, 4.69) is 4.74 Å². The van der Waals surface area contributed by atoms with Crippen LogP contribution >= 0.6 is 11.8 Å². The fraction of sp³-hybridized carbons (Fsp3) is 0.462. The van der Waals surface area contributed by atoms with E-state index in [0.29, 0.717) is 17.1 Å². The van der Waals surface area contributed by atoms with Crippen molar-refractivity contribution in [2.24, 2.45) is 5.73 Å². The molecule has 112 valence electrons. The molecule has 0 spiro atoms. The fourth-order valence-corrected chi connectivity index (χ4v) is 2.43. The number of thioether (sulfide) groups is 1. The average Bonchev–Trinajstić information content (AvgIpc) is 2.42. The molecule has 0 aromatic heterocycles. The minimum absolute atomic E-state index is 0.260. The molecule has 0 aliphatic carbocycles. The van der Waals surface area contributed by atoms with Gasteiger partial charge < -0.3 is 10.5 Å². The summed E-state index contributed by atoms with van der Waals surface area (Å²) in [5.41, 5.74) is 5.58. The minimum atomic E-state index is -4.37. The molecule has 2 N–H and O–H groups in total. The van der Waals surface area contributed by atoms with Gasteiger partial charge in [0, 0.05) is 17.5 Å². The summed E-state index contributed by atoms with van der Waals surface area (Å²) >= 11 is 1.41. The van der Waals surface area contributed by atoms with Crippen molar-refractivity contribution in [3.8, 4) is 0 Å². The highest BCUT2D eigenvalue weighted by molar-refractivity contribution is 7.99. The van der Waals surface area contributed by atoms with Gasteiger partial charge in [-0.05, 0) is 17.7 Å². The number of carbonyl (C=O) groups is 1. The van der Waals surface area contributed by atoms with Crippen molar-refractivity contribution in [1.29, 1.82) is 0 Å². The van der Waals surface area contributed by atoms with Crippen molar-refractivity contribution in [1.82, 2.24) is 0 Å². The number of rotatable bonds is 6. The van der Waals surface area contributed by atoms with Crippen molar-refractivity contribution in [3.63, 3.8) is 0 Å². The third-order valence-corrected chi connectivity index (χ3v) is 3.71. The maximum atomic E-state index is 12.6. The molecule has 0 bridgehead atoms. The summed E-state index contributed by atoms with van der Waals surface area (Å²) < 4.78 is 42.2. The minimum Gasteiger partial charge on any atom is -0.469 e. The maximum absolute atomic E-state index is 12.6. The number of nitrogens with two attached hydrogens (primary N) is 1. The highest BCUT2D eigenvalue weighted by Gasteiger charge is 2.30. The first-order chi connectivity index (χ1) is 9.34. The Kier molecular flexibility index (Phi) is 6.35. The quantitative estimate of drug-likeness (QED) is 0.648. The van der Waals surface area contributed by atoms with E-state index >= 15 is 0 Å². The smallest absolute Gasteiger partial charge is 0.416 e. The van der Waals surface area contributed by atoms with Crippen LogP contribution in [-0.2, 0) is 15.7 Å². The Morgan fingerprint density at radius 1 is 1.45 bits per heavy atom. The van der Waals surface area contributed by atoms with E-state index in [1.165, 1.54) is 24.9 Å². The zero-order chi connectivity index (χ0) is 15.2. The van der Waals surface area contributed by atoms with Crippen LogP contribution < -0.4 is 5.73 Å². The Labute approximate surface area is 119 Å². The van der Waals surface area contributed by atoms with E-state index < -0.39 is 17.8 Å². The standard InChI is InChI=1S/C13H16F3NO2S/c1-19-12(18)5-6-20-8-11(17)9-3-2-4-10(7-9)13(14,15)16/h2-4,7,11H,5-6,8,17H2,1H3. The molecule has 1 aromatic carbocycles. The molecule has 7 heteroatoms. The Hall–Kier alpha value is -1.21. The molecular weight excluding hydrogens is 291 g/mol. The van der Waals surface area contributed by atoms with Crippen LogP contribution in [-0.4, -0.2) is 24.6 Å². The van der Waals surface area contributed by atoms with Gasteiger partial charge in [-0.3, -0.25) is 4.79 Å². The van der Waals surface area contributed by atoms with E-state index in [1.54, 1.807) is 6.07 Å². The number of halogens is 3. The molecule has 0 fully saturated rings. The molecule has 0 radical (unpaired) electrons. The maximum Gasteiger partial charge on any atom is 0.416 e. The van der Waals surface area contributed by atoms with Gasteiger partial charge in [0.05, 0.1) is 19.1 Å². The number of hydrogen-bond acceptors (Lipinski definition) is 4. The number of hydrogen-bond donors (Lipinski definition) is 1. The fourth-order valence-electron chi connectivity index (χ4n) is 1.51. The zero-order valence-corrected chi connectivity index (χ0v) is 11.8. The van der Waals surface area contributed by atoms with Crippen LogP contribution in [0.5, 0.6) is 0 Å². The second kappa shape index (κ2) is 7.54. The summed E-state index contributed by atoms with van der Waals surface area (Å²) in [5.74, 6) is 0.655. The van der Waals surface area contributed by atoms with Crippen molar-refractivity contribution in [2.75, 3.05) is 18.6 Å². The van der Waals surface area contributed by atoms with Gasteiger partial charge in [0.25, 0.3) is 0 Å². The summed E-state index contributed by atoms with van der Waals surface area (Å²) in [7, 11) is 1.31. The molecule has 0 amide bonds. The van der Waals surface area contributed by atoms with Crippen molar-refractivity contribution in [3.05, 3.63) is 35.4 Å². The van der Waals surface area contributed by atoms with E-state index in [0.717, 1.165) is 12.1 Å². The lowest BCUT2D eigenvalue weighted by Gasteiger charge is -2.14. The first kappa shape index (κ1) is 16.8. The summed E-state index contributed by atoms with van der Waals surface area (Å²) in [6.07, 6.45) is -4.11. The van der Waals surface area contributed by atoms with Crippen LogP contribution in [0.25, 0.3) is 0 Å². The normalized spacial score (nSPS) is 13.1. The van der Waals surface area contributed by atoms with Gasteiger partial charge in [-0.15, -0.1) is 0 Å². The summed E-state index contributed by atoms with van der Waals surface area (Å²) in [6, 6.07) is 4.49. The van der Waals surface area contributed by atoms with Gasteiger partial charge >= 0.3 is 12.1 Å². The van der Waals surface area contributed by atoms with Crippen LogP contribution in [0.15, 0.2) is 24.3 Å². The molecule has 0 aliphatic rings. The van der Waals surface area contributed by atoms with Gasteiger partial charge in [0.2, 0.25) is 0 Å². The summed E-state index contributed by atoms with van der Waals surface area (Å²) in [6.45, 7) is 0. The number of carbonyl (C=O) groups excluding carboxylic acids is 1. The Balaban J connectivity index is 2.51. The van der Waals surface area contributed by atoms with Crippen LogP contribution in [0.2, 0.25) is 0 Å². The van der Waals surface area contributed by atoms with Gasteiger partial charge in [0.1, 0.15) is 0 Å². The topological polar surface area (TPSA) is 52.3 Å². The molecule has 0 aliphatic heterocycles. The average molecular weight is 307 g/mol. The predicted octanol–water partition coefficient (Wildman–Crippen LogP) is 3.00. The first-order valence-electron chi connectivity index (χ1n) is 5.92. The number of benzene rings is 1. The Bertz CT molecular complexity index is 451. The van der Waals surface area contributed by atoms with Gasteiger partial charge in [0.15, 0.2) is 0 Å². The SMILES string of the molecule is COC(=O)CCSCC(N)c1cccc(C(F)(F)F)c1. The van der Waals surface area contributed by atoms with Crippen LogP contribution in [0, 0.1) is 0 Å². The monoisotopic (exact) mass is 307 g/mol. The van der Waals surface area contributed by atoms with Crippen molar-refractivity contribution >= 4 is 17.7 Å². The first-order valence-corrected chi connectivity index (χ1v) is 7.07. The molecule has 0 heterocycles. The van der Waals surface area contributed by atoms with Crippen LogP contribution in [0.3, 0.4) is 0 Å². The lowest BCUT2D eigenvalue weighted by Crippen LogP contribution is -2.15. The number of alkyl halides is 3. The molecule has 0 saturated carbocycles. The van der Waals surface area contributed by atoms with E-state index in [9.17, 15) is 18.0 Å². The largest absolute Gasteiger partial charge is 0.469 e. The van der Waals surface area contributed by atoms with Crippen LogP contribution in [0.1, 0.15) is 23.6 Å². The van der Waals surface area contributed by atoms with Crippen molar-refractivity contribution < 1.29 is 22.7 Å². The highest BCUT2D eigenvalue weighted by atomic mass is 32.2. The third kappa shape index (κ3) is 5.42. The molecule has 0 saturated heterocycles. The third-order valence-electron chi connectivity index (χ3n) is 2.62. The van der Waals surface area contributed by atoms with Gasteiger partial charge in [-0.2, -0.15) is 24.9 Å². The molecule has 1 rings (SSSR count). The zero-order valence-electron chi connectivity index (χ0n) is 10.9. The van der Waals surface area contributed by atoms with Gasteiger partial charge in [-0.1, -0.05) is 12.1 Å². The molecule has 1 atom stereocenters. The summed E-state index contributed by atoms with van der Waals surface area (Å²) in [4.78, 5) is 10.9. The lowest BCUT2D eigenvalue weighted by molar-refractivity contribution is -0.140.